The maximum Gasteiger partial charge on any atom is 0.408 e. The SMILES string of the molecule is CN(C(=O)[C@@H]1[C@@H](Cc2ccnc(N)c2)C(=O)N1C(=O)NC(C1CC1)C(F)(F)F)c1ccncc1. The zero-order valence-corrected chi connectivity index (χ0v) is 18.2. The minimum Gasteiger partial charge on any atom is -0.384 e. The summed E-state index contributed by atoms with van der Waals surface area (Å²) in [6.45, 7) is 0. The van der Waals surface area contributed by atoms with E-state index in [1.165, 1.54) is 36.6 Å². The molecule has 1 unspecified atom stereocenters. The summed E-state index contributed by atoms with van der Waals surface area (Å²) < 4.78 is 40.3. The first kappa shape index (κ1) is 23.5. The summed E-state index contributed by atoms with van der Waals surface area (Å²) >= 11 is 0. The highest BCUT2D eigenvalue weighted by atomic mass is 19.4. The number of aromatic nitrogens is 2. The maximum atomic E-state index is 13.4. The Morgan fingerprint density at radius 1 is 1.24 bits per heavy atom. The number of anilines is 2. The molecule has 2 fully saturated rings. The van der Waals surface area contributed by atoms with E-state index in [4.69, 9.17) is 5.73 Å². The van der Waals surface area contributed by atoms with Crippen LogP contribution in [-0.2, 0) is 16.0 Å². The molecule has 4 amide bonds. The summed E-state index contributed by atoms with van der Waals surface area (Å²) in [4.78, 5) is 48.7. The van der Waals surface area contributed by atoms with E-state index in [2.05, 4.69) is 9.97 Å². The molecule has 34 heavy (non-hydrogen) atoms. The molecule has 2 aliphatic rings. The van der Waals surface area contributed by atoms with Crippen molar-refractivity contribution >= 4 is 29.4 Å². The Labute approximate surface area is 193 Å². The van der Waals surface area contributed by atoms with Crippen molar-refractivity contribution in [3.05, 3.63) is 48.4 Å². The average molecular weight is 476 g/mol. The van der Waals surface area contributed by atoms with E-state index in [9.17, 15) is 27.6 Å². The summed E-state index contributed by atoms with van der Waals surface area (Å²) in [6, 6.07) is 1.70. The summed E-state index contributed by atoms with van der Waals surface area (Å²) in [5.41, 5.74) is 6.76. The molecule has 12 heteroatoms. The number of carbonyl (C=O) groups is 3. The number of pyridine rings is 2. The number of amides is 4. The quantitative estimate of drug-likeness (QED) is 0.617. The van der Waals surface area contributed by atoms with E-state index < -0.39 is 47.9 Å². The van der Waals surface area contributed by atoms with Gasteiger partial charge in [0.05, 0.1) is 5.92 Å². The monoisotopic (exact) mass is 476 g/mol. The van der Waals surface area contributed by atoms with E-state index in [0.29, 0.717) is 29.0 Å². The molecule has 9 nitrogen and oxygen atoms in total. The lowest BCUT2D eigenvalue weighted by Gasteiger charge is -2.46. The largest absolute Gasteiger partial charge is 0.408 e. The number of nitrogens with one attached hydrogen (secondary N) is 1. The van der Waals surface area contributed by atoms with Gasteiger partial charge in [-0.15, -0.1) is 0 Å². The van der Waals surface area contributed by atoms with Gasteiger partial charge in [0.15, 0.2) is 0 Å². The van der Waals surface area contributed by atoms with Gasteiger partial charge in [-0.1, -0.05) is 0 Å². The Kier molecular flexibility index (Phi) is 6.15. The van der Waals surface area contributed by atoms with Gasteiger partial charge < -0.3 is 16.0 Å². The number of likely N-dealkylation sites (tertiary alicyclic amines) is 1. The Morgan fingerprint density at radius 2 is 1.91 bits per heavy atom. The Bertz CT molecular complexity index is 1090. The molecule has 3 heterocycles. The van der Waals surface area contributed by atoms with Crippen LogP contribution in [0, 0.1) is 11.8 Å². The second-order valence-electron chi connectivity index (χ2n) is 8.46. The zero-order valence-electron chi connectivity index (χ0n) is 18.2. The predicted octanol–water partition coefficient (Wildman–Crippen LogP) is 2.14. The van der Waals surface area contributed by atoms with Gasteiger partial charge in [0.2, 0.25) is 5.91 Å². The Balaban J connectivity index is 1.59. The second-order valence-corrected chi connectivity index (χ2v) is 8.46. The molecule has 0 radical (unpaired) electrons. The van der Waals surface area contributed by atoms with Gasteiger partial charge in [-0.3, -0.25) is 19.5 Å². The van der Waals surface area contributed by atoms with Crippen LogP contribution in [0.3, 0.4) is 0 Å². The molecule has 1 saturated heterocycles. The summed E-state index contributed by atoms with van der Waals surface area (Å²) in [5.74, 6) is -2.80. The molecule has 0 bridgehead atoms. The molecule has 1 saturated carbocycles. The lowest BCUT2D eigenvalue weighted by Crippen LogP contribution is -2.71. The number of nitrogens with zero attached hydrogens (tertiary/aromatic N) is 4. The number of likely N-dealkylation sites (N-methyl/N-ethyl adjacent to an activating group) is 1. The fourth-order valence-electron chi connectivity index (χ4n) is 4.12. The highest BCUT2D eigenvalue weighted by Gasteiger charge is 2.57. The Morgan fingerprint density at radius 3 is 2.50 bits per heavy atom. The minimum atomic E-state index is -4.66. The number of urea groups is 1. The summed E-state index contributed by atoms with van der Waals surface area (Å²) in [7, 11) is 1.46. The van der Waals surface area contributed by atoms with Crippen LogP contribution in [0.25, 0.3) is 0 Å². The Hall–Kier alpha value is -3.70. The lowest BCUT2D eigenvalue weighted by atomic mass is 9.81. The second kappa shape index (κ2) is 8.92. The molecule has 2 aromatic rings. The number of nitrogen functional groups attached to an aromatic ring is 1. The molecule has 3 N–H and O–H groups in total. The number of β-lactam (4-membered cyclic amide) rings is 1. The summed E-state index contributed by atoms with van der Waals surface area (Å²) in [5, 5.41) is 1.94. The van der Waals surface area contributed by atoms with E-state index in [1.54, 1.807) is 18.2 Å². The number of rotatable bonds is 6. The molecule has 4 rings (SSSR count). The number of halogens is 3. The van der Waals surface area contributed by atoms with Crippen LogP contribution in [0.2, 0.25) is 0 Å². The number of hydrogen-bond donors (Lipinski definition) is 2. The number of alkyl halides is 3. The first-order valence-electron chi connectivity index (χ1n) is 10.7. The fourth-order valence-corrected chi connectivity index (χ4v) is 4.12. The number of nitrogens with two attached hydrogens (primary N) is 1. The average Bonchev–Trinajstić information content (AvgIpc) is 3.63. The van der Waals surface area contributed by atoms with Crippen molar-refractivity contribution in [1.82, 2.24) is 20.2 Å². The van der Waals surface area contributed by atoms with Crippen LogP contribution >= 0.6 is 0 Å². The highest BCUT2D eigenvalue weighted by Crippen LogP contribution is 2.41. The number of carbonyl (C=O) groups excluding carboxylic acids is 3. The van der Waals surface area contributed by atoms with Crippen molar-refractivity contribution in [3.8, 4) is 0 Å². The summed E-state index contributed by atoms with van der Waals surface area (Å²) in [6.07, 6.45) is 0.455. The number of imide groups is 1. The van der Waals surface area contributed by atoms with Gasteiger partial charge in [0, 0.05) is 31.3 Å². The highest BCUT2D eigenvalue weighted by molar-refractivity contribution is 6.12. The third-order valence-electron chi connectivity index (χ3n) is 6.09. The topological polar surface area (TPSA) is 122 Å². The van der Waals surface area contributed by atoms with Crippen molar-refractivity contribution in [1.29, 1.82) is 0 Å². The normalized spacial score (nSPS) is 20.9. The third-order valence-corrected chi connectivity index (χ3v) is 6.09. The van der Waals surface area contributed by atoms with Crippen LogP contribution < -0.4 is 16.0 Å². The zero-order chi connectivity index (χ0) is 24.6. The molecule has 180 valence electrons. The lowest BCUT2D eigenvalue weighted by molar-refractivity contribution is -0.163. The van der Waals surface area contributed by atoms with Crippen LogP contribution in [-0.4, -0.2) is 58.0 Å². The van der Waals surface area contributed by atoms with Crippen molar-refractivity contribution in [2.24, 2.45) is 11.8 Å². The van der Waals surface area contributed by atoms with Crippen LogP contribution in [0.4, 0.5) is 29.5 Å². The van der Waals surface area contributed by atoms with Crippen LogP contribution in [0.5, 0.6) is 0 Å². The van der Waals surface area contributed by atoms with Crippen molar-refractivity contribution in [2.75, 3.05) is 17.7 Å². The fraction of sp³-hybridized carbons (Fsp3) is 0.409. The maximum absolute atomic E-state index is 13.4. The van der Waals surface area contributed by atoms with E-state index >= 15 is 0 Å². The van der Waals surface area contributed by atoms with Crippen LogP contribution in [0.15, 0.2) is 42.9 Å². The molecular weight excluding hydrogens is 453 g/mol. The molecule has 2 aromatic heterocycles. The van der Waals surface area contributed by atoms with Crippen molar-refractivity contribution < 1.29 is 27.6 Å². The van der Waals surface area contributed by atoms with Gasteiger partial charge >= 0.3 is 12.2 Å². The molecule has 0 aromatic carbocycles. The molecule has 0 spiro atoms. The third kappa shape index (κ3) is 4.66. The smallest absolute Gasteiger partial charge is 0.384 e. The van der Waals surface area contributed by atoms with Crippen molar-refractivity contribution in [3.63, 3.8) is 0 Å². The van der Waals surface area contributed by atoms with E-state index in [0.717, 1.165) is 0 Å². The number of hydrogen-bond acceptors (Lipinski definition) is 6. The van der Waals surface area contributed by atoms with Gasteiger partial charge in [-0.05, 0) is 55.0 Å². The minimum absolute atomic E-state index is 0.0707. The standard InChI is InChI=1S/C22H23F3N6O3/c1-30(14-5-7-27-8-6-14)20(33)17-15(10-12-4-9-28-16(26)11-12)19(32)31(17)21(34)29-18(13-2-3-13)22(23,24)25/h4-9,11,13,15,17-18H,2-3,10H2,1H3,(H2,26,28)(H,29,34)/t15-,17+,18?/m1/s1. The first-order chi connectivity index (χ1) is 16.1. The molecule has 3 atom stereocenters. The van der Waals surface area contributed by atoms with E-state index in [-0.39, 0.29) is 12.2 Å². The predicted molar refractivity (Wildman–Crippen MR) is 115 cm³/mol. The van der Waals surface area contributed by atoms with Gasteiger partial charge in [0.1, 0.15) is 17.9 Å². The molecular formula is C22H23F3N6O3. The van der Waals surface area contributed by atoms with Crippen LogP contribution in [0.1, 0.15) is 18.4 Å². The van der Waals surface area contributed by atoms with Gasteiger partial charge in [-0.2, -0.15) is 13.2 Å². The van der Waals surface area contributed by atoms with Crippen molar-refractivity contribution in [2.45, 2.75) is 37.5 Å². The van der Waals surface area contributed by atoms with Gasteiger partial charge in [0.25, 0.3) is 5.91 Å². The van der Waals surface area contributed by atoms with E-state index in [1.807, 2.05) is 5.32 Å². The molecule has 1 aliphatic heterocycles. The van der Waals surface area contributed by atoms with Gasteiger partial charge in [-0.25, -0.2) is 9.78 Å². The first-order valence-corrected chi connectivity index (χ1v) is 10.7. The molecule has 1 aliphatic carbocycles.